The number of phenolic OH excluding ortho intramolecular Hbond substituents is 1. The molecule has 1 rings (SSSR count). The summed E-state index contributed by atoms with van der Waals surface area (Å²) in [4.78, 5) is 12.5. The fourth-order valence-corrected chi connectivity index (χ4v) is 0.988. The number of nitrogens with zero attached hydrogens (tertiary/aromatic N) is 1. The Morgan fingerprint density at radius 1 is 1.46 bits per heavy atom. The van der Waals surface area contributed by atoms with Crippen LogP contribution in [0.3, 0.4) is 0 Å². The molecule has 0 aliphatic heterocycles. The number of anilines is 1. The number of hydrogen-bond acceptors (Lipinski definition) is 2. The SMILES string of the molecule is CC(=O)N(C)c1ccc(C)c(O)c1. The van der Waals surface area contributed by atoms with Gasteiger partial charge in [0.2, 0.25) is 5.91 Å². The maximum absolute atomic E-state index is 11.0. The highest BCUT2D eigenvalue weighted by Gasteiger charge is 2.06. The van der Waals surface area contributed by atoms with Gasteiger partial charge in [0.05, 0.1) is 0 Å². The number of amides is 1. The molecule has 0 bridgehead atoms. The molecule has 0 saturated carbocycles. The molecule has 13 heavy (non-hydrogen) atoms. The quantitative estimate of drug-likeness (QED) is 0.712. The van der Waals surface area contributed by atoms with Gasteiger partial charge in [-0.1, -0.05) is 6.07 Å². The molecular formula is C10H13NO2. The highest BCUT2D eigenvalue weighted by Crippen LogP contribution is 2.22. The maximum atomic E-state index is 11.0. The molecule has 1 aromatic rings. The lowest BCUT2D eigenvalue weighted by Gasteiger charge is -2.15. The fraction of sp³-hybridized carbons (Fsp3) is 0.300. The van der Waals surface area contributed by atoms with Crippen LogP contribution >= 0.6 is 0 Å². The number of benzene rings is 1. The van der Waals surface area contributed by atoms with E-state index >= 15 is 0 Å². The average molecular weight is 179 g/mol. The normalized spacial score (nSPS) is 9.77. The van der Waals surface area contributed by atoms with E-state index in [-0.39, 0.29) is 11.7 Å². The lowest BCUT2D eigenvalue weighted by Crippen LogP contribution is -2.22. The summed E-state index contributed by atoms with van der Waals surface area (Å²) in [7, 11) is 1.67. The molecule has 0 aliphatic rings. The Hall–Kier alpha value is -1.51. The zero-order valence-corrected chi connectivity index (χ0v) is 8.03. The van der Waals surface area contributed by atoms with E-state index in [1.165, 1.54) is 11.8 Å². The first-order chi connectivity index (χ1) is 6.02. The molecule has 0 spiro atoms. The predicted molar refractivity (Wildman–Crippen MR) is 51.9 cm³/mol. The smallest absolute Gasteiger partial charge is 0.223 e. The molecule has 0 unspecified atom stereocenters. The zero-order valence-electron chi connectivity index (χ0n) is 8.03. The standard InChI is InChI=1S/C10H13NO2/c1-7-4-5-9(6-10(7)13)11(3)8(2)12/h4-6,13H,1-3H3. The van der Waals surface area contributed by atoms with E-state index in [4.69, 9.17) is 0 Å². The van der Waals surface area contributed by atoms with Gasteiger partial charge in [0, 0.05) is 25.7 Å². The molecule has 3 heteroatoms. The summed E-state index contributed by atoms with van der Waals surface area (Å²) < 4.78 is 0. The summed E-state index contributed by atoms with van der Waals surface area (Å²) in [6.07, 6.45) is 0. The average Bonchev–Trinajstić information content (AvgIpc) is 2.08. The highest BCUT2D eigenvalue weighted by molar-refractivity contribution is 5.91. The summed E-state index contributed by atoms with van der Waals surface area (Å²) in [5.74, 6) is 0.161. The molecule has 0 saturated heterocycles. The van der Waals surface area contributed by atoms with E-state index in [0.29, 0.717) is 5.69 Å². The maximum Gasteiger partial charge on any atom is 0.223 e. The molecule has 3 nitrogen and oxygen atoms in total. The van der Waals surface area contributed by atoms with Gasteiger partial charge in [0.15, 0.2) is 0 Å². The molecular weight excluding hydrogens is 166 g/mol. The van der Waals surface area contributed by atoms with Crippen molar-refractivity contribution in [1.29, 1.82) is 0 Å². The number of aryl methyl sites for hydroxylation is 1. The van der Waals surface area contributed by atoms with Crippen molar-refractivity contribution in [2.45, 2.75) is 13.8 Å². The third-order valence-electron chi connectivity index (χ3n) is 2.05. The van der Waals surface area contributed by atoms with Crippen LogP contribution < -0.4 is 4.90 Å². The summed E-state index contributed by atoms with van der Waals surface area (Å²) in [5.41, 5.74) is 1.51. The number of hydrogen-bond donors (Lipinski definition) is 1. The summed E-state index contributed by atoms with van der Waals surface area (Å²) in [6.45, 7) is 3.30. The monoisotopic (exact) mass is 179 g/mol. The van der Waals surface area contributed by atoms with Gasteiger partial charge in [-0.2, -0.15) is 0 Å². The number of phenols is 1. The van der Waals surface area contributed by atoms with E-state index in [2.05, 4.69) is 0 Å². The molecule has 0 fully saturated rings. The molecule has 0 aliphatic carbocycles. The second kappa shape index (κ2) is 3.47. The van der Waals surface area contributed by atoms with Crippen LogP contribution in [0.1, 0.15) is 12.5 Å². The largest absolute Gasteiger partial charge is 0.508 e. The van der Waals surface area contributed by atoms with Crippen molar-refractivity contribution in [1.82, 2.24) is 0 Å². The minimum Gasteiger partial charge on any atom is -0.508 e. The van der Waals surface area contributed by atoms with Gasteiger partial charge in [0.25, 0.3) is 0 Å². The van der Waals surface area contributed by atoms with Crippen molar-refractivity contribution in [3.8, 4) is 5.75 Å². The zero-order chi connectivity index (χ0) is 10.0. The third kappa shape index (κ3) is 1.99. The molecule has 0 heterocycles. The van der Waals surface area contributed by atoms with Gasteiger partial charge in [0.1, 0.15) is 5.75 Å². The van der Waals surface area contributed by atoms with Crippen LogP contribution in [0, 0.1) is 6.92 Å². The third-order valence-corrected chi connectivity index (χ3v) is 2.05. The molecule has 1 aromatic carbocycles. The van der Waals surface area contributed by atoms with Crippen LogP contribution in [-0.4, -0.2) is 18.1 Å². The molecule has 0 atom stereocenters. The van der Waals surface area contributed by atoms with Gasteiger partial charge in [-0.15, -0.1) is 0 Å². The van der Waals surface area contributed by atoms with Crippen LogP contribution in [-0.2, 0) is 4.79 Å². The van der Waals surface area contributed by atoms with Gasteiger partial charge < -0.3 is 10.0 Å². The first-order valence-corrected chi connectivity index (χ1v) is 4.06. The van der Waals surface area contributed by atoms with Crippen molar-refractivity contribution in [3.05, 3.63) is 23.8 Å². The number of carbonyl (C=O) groups is 1. The fourth-order valence-electron chi connectivity index (χ4n) is 0.988. The Bertz CT molecular complexity index is 334. The van der Waals surface area contributed by atoms with Crippen LogP contribution in [0.5, 0.6) is 5.75 Å². The first-order valence-electron chi connectivity index (χ1n) is 4.06. The van der Waals surface area contributed by atoms with E-state index < -0.39 is 0 Å². The Balaban J connectivity index is 3.03. The molecule has 1 N–H and O–H groups in total. The Kier molecular flexibility index (Phi) is 2.56. The van der Waals surface area contributed by atoms with Crippen LogP contribution in [0.2, 0.25) is 0 Å². The molecule has 1 amide bonds. The minimum absolute atomic E-state index is 0.0525. The lowest BCUT2D eigenvalue weighted by molar-refractivity contribution is -0.116. The molecule has 70 valence electrons. The predicted octanol–water partition coefficient (Wildman–Crippen LogP) is 1.68. The van der Waals surface area contributed by atoms with Crippen molar-refractivity contribution in [2.24, 2.45) is 0 Å². The van der Waals surface area contributed by atoms with Gasteiger partial charge in [-0.3, -0.25) is 4.79 Å². The molecule has 0 aromatic heterocycles. The number of aromatic hydroxyl groups is 1. The number of carbonyl (C=O) groups excluding carboxylic acids is 1. The summed E-state index contributed by atoms with van der Waals surface area (Å²) in [5, 5.41) is 9.39. The van der Waals surface area contributed by atoms with E-state index in [0.717, 1.165) is 5.56 Å². The van der Waals surface area contributed by atoms with Gasteiger partial charge in [-0.05, 0) is 18.6 Å². The van der Waals surface area contributed by atoms with E-state index in [1.54, 1.807) is 25.2 Å². The van der Waals surface area contributed by atoms with Crippen LogP contribution in [0.4, 0.5) is 5.69 Å². The molecule has 0 radical (unpaired) electrons. The second-order valence-corrected chi connectivity index (χ2v) is 3.05. The van der Waals surface area contributed by atoms with Gasteiger partial charge >= 0.3 is 0 Å². The van der Waals surface area contributed by atoms with Crippen molar-refractivity contribution < 1.29 is 9.90 Å². The Morgan fingerprint density at radius 3 is 2.54 bits per heavy atom. The van der Waals surface area contributed by atoms with Crippen LogP contribution in [0.25, 0.3) is 0 Å². The summed E-state index contributed by atoms with van der Waals surface area (Å²) in [6, 6.07) is 5.16. The Morgan fingerprint density at radius 2 is 2.08 bits per heavy atom. The van der Waals surface area contributed by atoms with Crippen molar-refractivity contribution in [2.75, 3.05) is 11.9 Å². The summed E-state index contributed by atoms with van der Waals surface area (Å²) >= 11 is 0. The number of rotatable bonds is 1. The van der Waals surface area contributed by atoms with Crippen molar-refractivity contribution in [3.63, 3.8) is 0 Å². The van der Waals surface area contributed by atoms with Crippen molar-refractivity contribution >= 4 is 11.6 Å². The lowest BCUT2D eigenvalue weighted by atomic mass is 10.2. The highest BCUT2D eigenvalue weighted by atomic mass is 16.3. The van der Waals surface area contributed by atoms with E-state index in [1.807, 2.05) is 6.92 Å². The topological polar surface area (TPSA) is 40.5 Å². The van der Waals surface area contributed by atoms with Crippen LogP contribution in [0.15, 0.2) is 18.2 Å². The minimum atomic E-state index is -0.0525. The van der Waals surface area contributed by atoms with E-state index in [9.17, 15) is 9.90 Å². The first kappa shape index (κ1) is 9.58. The van der Waals surface area contributed by atoms with Gasteiger partial charge in [-0.25, -0.2) is 0 Å². The Labute approximate surface area is 77.6 Å². The second-order valence-electron chi connectivity index (χ2n) is 3.05.